The minimum absolute atomic E-state index is 0.728. The molecule has 3 N–H and O–H groups in total. The Labute approximate surface area is 73.0 Å². The van der Waals surface area contributed by atoms with Crippen molar-refractivity contribution in [2.45, 2.75) is 12.8 Å². The van der Waals surface area contributed by atoms with Gasteiger partial charge in [-0.3, -0.25) is 0 Å². The molecule has 1 aromatic heterocycles. The lowest BCUT2D eigenvalue weighted by atomic mass is 10.2. The Morgan fingerprint density at radius 1 is 1.50 bits per heavy atom. The number of anilines is 1. The number of nitrogens with two attached hydrogens (primary N) is 1. The van der Waals surface area contributed by atoms with E-state index >= 15 is 0 Å². The lowest BCUT2D eigenvalue weighted by molar-refractivity contribution is 0.811. The van der Waals surface area contributed by atoms with Gasteiger partial charge in [-0.2, -0.15) is 0 Å². The molecule has 66 valence electrons. The largest absolute Gasteiger partial charge is 0.373 e. The third-order valence-electron chi connectivity index (χ3n) is 1.70. The van der Waals surface area contributed by atoms with E-state index in [4.69, 9.17) is 5.73 Å². The number of aryl methyl sites for hydroxylation is 1. The van der Waals surface area contributed by atoms with E-state index in [9.17, 15) is 0 Å². The van der Waals surface area contributed by atoms with E-state index in [1.165, 1.54) is 0 Å². The number of pyridine rings is 1. The van der Waals surface area contributed by atoms with Crippen LogP contribution in [0.4, 0.5) is 5.82 Å². The first kappa shape index (κ1) is 9.00. The maximum atomic E-state index is 5.40. The number of nitrogens with one attached hydrogen (secondary N) is 1. The Morgan fingerprint density at radius 2 is 2.33 bits per heavy atom. The zero-order valence-corrected chi connectivity index (χ0v) is 7.38. The summed E-state index contributed by atoms with van der Waals surface area (Å²) in [4.78, 5) is 4.36. The summed E-state index contributed by atoms with van der Waals surface area (Å²) in [6.45, 7) is 0.728. The Balaban J connectivity index is 2.60. The van der Waals surface area contributed by atoms with Crippen LogP contribution >= 0.6 is 0 Å². The van der Waals surface area contributed by atoms with Gasteiger partial charge in [0.05, 0.1) is 0 Å². The van der Waals surface area contributed by atoms with Crippen LogP contribution in [0.2, 0.25) is 0 Å². The van der Waals surface area contributed by atoms with E-state index in [-0.39, 0.29) is 0 Å². The molecule has 0 atom stereocenters. The second-order valence-electron chi connectivity index (χ2n) is 2.66. The van der Waals surface area contributed by atoms with Gasteiger partial charge in [0, 0.05) is 12.7 Å². The molecule has 1 aromatic rings. The van der Waals surface area contributed by atoms with Crippen molar-refractivity contribution in [1.29, 1.82) is 0 Å². The number of aromatic nitrogens is 1. The number of rotatable bonds is 4. The summed E-state index contributed by atoms with van der Waals surface area (Å²) in [7, 11) is 1.87. The SMILES string of the molecule is CNc1cccc(CCCN)n1. The van der Waals surface area contributed by atoms with Crippen molar-refractivity contribution in [3.63, 3.8) is 0 Å². The molecule has 1 rings (SSSR count). The lowest BCUT2D eigenvalue weighted by Crippen LogP contribution is -2.02. The minimum Gasteiger partial charge on any atom is -0.373 e. The highest BCUT2D eigenvalue weighted by Crippen LogP contribution is 2.04. The first-order chi connectivity index (χ1) is 5.86. The standard InChI is InChI=1S/C9H15N3/c1-11-9-6-2-4-8(12-9)5-3-7-10/h2,4,6H,3,5,7,10H2,1H3,(H,11,12). The van der Waals surface area contributed by atoms with Crippen LogP contribution in [0.25, 0.3) is 0 Å². The maximum Gasteiger partial charge on any atom is 0.125 e. The van der Waals surface area contributed by atoms with Crippen LogP contribution in [0, 0.1) is 0 Å². The van der Waals surface area contributed by atoms with Crippen LogP contribution in [0.3, 0.4) is 0 Å². The van der Waals surface area contributed by atoms with Crippen LogP contribution in [0.15, 0.2) is 18.2 Å². The molecule has 0 spiro atoms. The Kier molecular flexibility index (Phi) is 3.54. The zero-order chi connectivity index (χ0) is 8.81. The van der Waals surface area contributed by atoms with Crippen molar-refractivity contribution < 1.29 is 0 Å². The molecule has 0 unspecified atom stereocenters. The van der Waals surface area contributed by atoms with Crippen LogP contribution in [0.1, 0.15) is 12.1 Å². The van der Waals surface area contributed by atoms with Crippen molar-refractivity contribution in [1.82, 2.24) is 4.98 Å². The van der Waals surface area contributed by atoms with Gasteiger partial charge in [0.2, 0.25) is 0 Å². The number of hydrogen-bond donors (Lipinski definition) is 2. The minimum atomic E-state index is 0.728. The van der Waals surface area contributed by atoms with Gasteiger partial charge in [-0.05, 0) is 31.5 Å². The van der Waals surface area contributed by atoms with Crippen molar-refractivity contribution in [2.24, 2.45) is 5.73 Å². The second kappa shape index (κ2) is 4.72. The van der Waals surface area contributed by atoms with Gasteiger partial charge in [-0.1, -0.05) is 6.07 Å². The third kappa shape index (κ3) is 2.51. The molecule has 0 saturated carbocycles. The summed E-state index contributed by atoms with van der Waals surface area (Å²) in [5, 5.41) is 3.00. The lowest BCUT2D eigenvalue weighted by Gasteiger charge is -2.02. The average Bonchev–Trinajstić information content (AvgIpc) is 2.15. The fraction of sp³-hybridized carbons (Fsp3) is 0.444. The van der Waals surface area contributed by atoms with Crippen LogP contribution in [0.5, 0.6) is 0 Å². The number of hydrogen-bond acceptors (Lipinski definition) is 3. The topological polar surface area (TPSA) is 50.9 Å². The summed E-state index contributed by atoms with van der Waals surface area (Å²) in [5.74, 6) is 0.921. The van der Waals surface area contributed by atoms with Crippen LogP contribution in [-0.2, 0) is 6.42 Å². The van der Waals surface area contributed by atoms with E-state index < -0.39 is 0 Å². The normalized spacial score (nSPS) is 9.83. The fourth-order valence-corrected chi connectivity index (χ4v) is 1.04. The summed E-state index contributed by atoms with van der Waals surface area (Å²) >= 11 is 0. The van der Waals surface area contributed by atoms with E-state index in [1.807, 2.05) is 25.2 Å². The fourth-order valence-electron chi connectivity index (χ4n) is 1.04. The highest BCUT2D eigenvalue weighted by Gasteiger charge is 1.94. The summed E-state index contributed by atoms with van der Waals surface area (Å²) in [5.41, 5.74) is 6.51. The van der Waals surface area contributed by atoms with Gasteiger partial charge in [-0.25, -0.2) is 4.98 Å². The van der Waals surface area contributed by atoms with Crippen molar-refractivity contribution in [3.05, 3.63) is 23.9 Å². The quantitative estimate of drug-likeness (QED) is 0.700. The summed E-state index contributed by atoms with van der Waals surface area (Å²) in [6, 6.07) is 5.98. The van der Waals surface area contributed by atoms with E-state index in [2.05, 4.69) is 10.3 Å². The van der Waals surface area contributed by atoms with Crippen LogP contribution in [-0.4, -0.2) is 18.6 Å². The second-order valence-corrected chi connectivity index (χ2v) is 2.66. The smallest absolute Gasteiger partial charge is 0.125 e. The van der Waals surface area contributed by atoms with Gasteiger partial charge in [0.15, 0.2) is 0 Å². The summed E-state index contributed by atoms with van der Waals surface area (Å²) < 4.78 is 0. The monoisotopic (exact) mass is 165 g/mol. The summed E-state index contributed by atoms with van der Waals surface area (Å²) in [6.07, 6.45) is 1.96. The molecule has 0 amide bonds. The van der Waals surface area contributed by atoms with Gasteiger partial charge in [-0.15, -0.1) is 0 Å². The molecule has 3 heteroatoms. The van der Waals surface area contributed by atoms with Crippen molar-refractivity contribution >= 4 is 5.82 Å². The molecule has 12 heavy (non-hydrogen) atoms. The van der Waals surface area contributed by atoms with Gasteiger partial charge in [0.25, 0.3) is 0 Å². The number of nitrogens with zero attached hydrogens (tertiary/aromatic N) is 1. The van der Waals surface area contributed by atoms with Crippen LogP contribution < -0.4 is 11.1 Å². The van der Waals surface area contributed by atoms with Gasteiger partial charge >= 0.3 is 0 Å². The van der Waals surface area contributed by atoms with Crippen molar-refractivity contribution in [3.8, 4) is 0 Å². The molecule has 0 saturated heterocycles. The van der Waals surface area contributed by atoms with Gasteiger partial charge in [0.1, 0.15) is 5.82 Å². The van der Waals surface area contributed by atoms with E-state index in [0.717, 1.165) is 30.9 Å². The third-order valence-corrected chi connectivity index (χ3v) is 1.70. The predicted octanol–water partition coefficient (Wildman–Crippen LogP) is 1.01. The predicted molar refractivity (Wildman–Crippen MR) is 51.2 cm³/mol. The Hall–Kier alpha value is -1.09. The average molecular weight is 165 g/mol. The van der Waals surface area contributed by atoms with E-state index in [1.54, 1.807) is 0 Å². The molecule has 0 aliphatic heterocycles. The molecule has 0 radical (unpaired) electrons. The Morgan fingerprint density at radius 3 is 3.00 bits per heavy atom. The molecular weight excluding hydrogens is 150 g/mol. The molecule has 0 aliphatic carbocycles. The maximum absolute atomic E-state index is 5.40. The molecule has 3 nitrogen and oxygen atoms in total. The molecule has 0 fully saturated rings. The zero-order valence-electron chi connectivity index (χ0n) is 7.38. The molecule has 0 bridgehead atoms. The molecular formula is C9H15N3. The Bertz CT molecular complexity index is 235. The van der Waals surface area contributed by atoms with E-state index in [0.29, 0.717) is 0 Å². The van der Waals surface area contributed by atoms with Crippen molar-refractivity contribution in [2.75, 3.05) is 18.9 Å². The first-order valence-electron chi connectivity index (χ1n) is 4.20. The molecule has 0 aliphatic rings. The van der Waals surface area contributed by atoms with Gasteiger partial charge < -0.3 is 11.1 Å². The first-order valence-corrected chi connectivity index (χ1v) is 4.20. The molecule has 1 heterocycles. The highest BCUT2D eigenvalue weighted by atomic mass is 15.0. The highest BCUT2D eigenvalue weighted by molar-refractivity contribution is 5.34. The molecule has 0 aromatic carbocycles.